The average molecular weight is 255 g/mol. The van der Waals surface area contributed by atoms with E-state index in [4.69, 9.17) is 0 Å². The number of hydrogen-bond acceptors (Lipinski definition) is 0. The predicted molar refractivity (Wildman–Crippen MR) is 85.1 cm³/mol. The number of hydrogen-bond donors (Lipinski definition) is 0. The molecule has 0 N–H and O–H groups in total. The Bertz CT molecular complexity index is 124. The molecule has 0 unspecified atom stereocenters. The zero-order valence-corrected chi connectivity index (χ0v) is 13.6. The van der Waals surface area contributed by atoms with E-state index in [0.29, 0.717) is 0 Å². The molecule has 0 aromatic heterocycles. The zero-order chi connectivity index (χ0) is 13.6. The standard InChI is InChI=1S/C18H38/c1-5-17(6-2)15-13-11-9-10-12-14-16-18(7-3)8-4/h17-18H,5-16H2,1-4H3. The van der Waals surface area contributed by atoms with Crippen LogP contribution >= 0.6 is 0 Å². The molecule has 0 aromatic rings. The fraction of sp³-hybridized carbons (Fsp3) is 1.00. The van der Waals surface area contributed by atoms with Crippen molar-refractivity contribution in [3.05, 3.63) is 0 Å². The Morgan fingerprint density at radius 1 is 0.444 bits per heavy atom. The molecule has 0 aliphatic rings. The van der Waals surface area contributed by atoms with E-state index in [1.54, 1.807) is 0 Å². The van der Waals surface area contributed by atoms with Gasteiger partial charge in [0.05, 0.1) is 0 Å². The minimum Gasteiger partial charge on any atom is -0.0651 e. The lowest BCUT2D eigenvalue weighted by molar-refractivity contribution is 0.414. The zero-order valence-electron chi connectivity index (χ0n) is 13.6. The first-order chi connectivity index (χ1) is 8.78. The normalized spacial score (nSPS) is 11.7. The summed E-state index contributed by atoms with van der Waals surface area (Å²) in [7, 11) is 0. The van der Waals surface area contributed by atoms with Gasteiger partial charge in [-0.15, -0.1) is 0 Å². The molecule has 0 spiro atoms. The summed E-state index contributed by atoms with van der Waals surface area (Å²) in [5.74, 6) is 2.00. The van der Waals surface area contributed by atoms with Crippen LogP contribution in [-0.2, 0) is 0 Å². The van der Waals surface area contributed by atoms with Crippen LogP contribution < -0.4 is 0 Å². The molecule has 0 aliphatic heterocycles. The Labute approximate surface area is 117 Å². The van der Waals surface area contributed by atoms with E-state index in [1.807, 2.05) is 0 Å². The van der Waals surface area contributed by atoms with Crippen LogP contribution in [0, 0.1) is 11.8 Å². The maximum atomic E-state index is 2.34. The first kappa shape index (κ1) is 18.0. The van der Waals surface area contributed by atoms with Crippen molar-refractivity contribution in [3.8, 4) is 0 Å². The van der Waals surface area contributed by atoms with Gasteiger partial charge in [0.2, 0.25) is 0 Å². The topological polar surface area (TPSA) is 0 Å². The summed E-state index contributed by atoms with van der Waals surface area (Å²) in [6.07, 6.45) is 17.3. The van der Waals surface area contributed by atoms with Crippen molar-refractivity contribution < 1.29 is 0 Å². The summed E-state index contributed by atoms with van der Waals surface area (Å²) in [6.45, 7) is 9.36. The van der Waals surface area contributed by atoms with Gasteiger partial charge in [0.25, 0.3) is 0 Å². The van der Waals surface area contributed by atoms with Crippen molar-refractivity contribution in [1.29, 1.82) is 0 Å². The highest BCUT2D eigenvalue weighted by molar-refractivity contribution is 4.57. The van der Waals surface area contributed by atoms with E-state index < -0.39 is 0 Å². The summed E-state index contributed by atoms with van der Waals surface area (Å²) in [6, 6.07) is 0. The quantitative estimate of drug-likeness (QED) is 0.311. The lowest BCUT2D eigenvalue weighted by atomic mass is 9.94. The molecule has 18 heavy (non-hydrogen) atoms. The molecule has 0 fully saturated rings. The fourth-order valence-electron chi connectivity index (χ4n) is 2.97. The number of unbranched alkanes of at least 4 members (excludes halogenated alkanes) is 5. The molecular weight excluding hydrogens is 216 g/mol. The molecule has 0 heterocycles. The molecule has 110 valence electrons. The van der Waals surface area contributed by atoms with Gasteiger partial charge in [-0.3, -0.25) is 0 Å². The maximum absolute atomic E-state index is 2.34. The highest BCUT2D eigenvalue weighted by atomic mass is 14.1. The SMILES string of the molecule is CCC(CC)CCCCCCCCC(CC)CC. The Hall–Kier alpha value is 0. The van der Waals surface area contributed by atoms with Crippen molar-refractivity contribution >= 4 is 0 Å². The van der Waals surface area contributed by atoms with Gasteiger partial charge in [0, 0.05) is 0 Å². The van der Waals surface area contributed by atoms with Gasteiger partial charge in [0.15, 0.2) is 0 Å². The van der Waals surface area contributed by atoms with E-state index >= 15 is 0 Å². The third kappa shape index (κ3) is 9.97. The summed E-state index contributed by atoms with van der Waals surface area (Å²) >= 11 is 0. The van der Waals surface area contributed by atoms with Crippen LogP contribution in [0.5, 0.6) is 0 Å². The van der Waals surface area contributed by atoms with Gasteiger partial charge < -0.3 is 0 Å². The van der Waals surface area contributed by atoms with Crippen molar-refractivity contribution in [3.63, 3.8) is 0 Å². The molecular formula is C18H38. The lowest BCUT2D eigenvalue weighted by Gasteiger charge is -2.12. The van der Waals surface area contributed by atoms with Gasteiger partial charge in [-0.2, -0.15) is 0 Å². The monoisotopic (exact) mass is 254 g/mol. The molecule has 0 rings (SSSR count). The van der Waals surface area contributed by atoms with E-state index in [0.717, 1.165) is 11.8 Å². The van der Waals surface area contributed by atoms with E-state index in [2.05, 4.69) is 27.7 Å². The van der Waals surface area contributed by atoms with Crippen LogP contribution in [0.2, 0.25) is 0 Å². The summed E-state index contributed by atoms with van der Waals surface area (Å²) in [5, 5.41) is 0. The average Bonchev–Trinajstić information content (AvgIpc) is 2.41. The van der Waals surface area contributed by atoms with Gasteiger partial charge in [-0.05, 0) is 11.8 Å². The van der Waals surface area contributed by atoms with Gasteiger partial charge >= 0.3 is 0 Å². The minimum atomic E-state index is 1.000. The van der Waals surface area contributed by atoms with Crippen LogP contribution in [0.4, 0.5) is 0 Å². The minimum absolute atomic E-state index is 1.000. The van der Waals surface area contributed by atoms with Crippen molar-refractivity contribution in [2.75, 3.05) is 0 Å². The Balaban J connectivity index is 3.21. The third-order valence-corrected chi connectivity index (χ3v) is 4.78. The van der Waals surface area contributed by atoms with Crippen molar-refractivity contribution in [2.45, 2.75) is 105 Å². The second kappa shape index (κ2) is 13.4. The third-order valence-electron chi connectivity index (χ3n) is 4.78. The summed E-state index contributed by atoms with van der Waals surface area (Å²) in [5.41, 5.74) is 0. The van der Waals surface area contributed by atoms with Crippen LogP contribution in [0.15, 0.2) is 0 Å². The first-order valence-electron chi connectivity index (χ1n) is 8.78. The van der Waals surface area contributed by atoms with Gasteiger partial charge in [-0.1, -0.05) is 105 Å². The smallest absolute Gasteiger partial charge is 0.0420 e. The molecule has 0 bridgehead atoms. The first-order valence-corrected chi connectivity index (χ1v) is 8.78. The predicted octanol–water partition coefficient (Wildman–Crippen LogP) is 6.98. The van der Waals surface area contributed by atoms with E-state index in [9.17, 15) is 0 Å². The van der Waals surface area contributed by atoms with Gasteiger partial charge in [-0.25, -0.2) is 0 Å². The largest absolute Gasteiger partial charge is 0.0651 e. The molecule has 0 aliphatic carbocycles. The number of rotatable bonds is 13. The van der Waals surface area contributed by atoms with E-state index in [-0.39, 0.29) is 0 Å². The van der Waals surface area contributed by atoms with Crippen LogP contribution in [0.1, 0.15) is 105 Å². The Kier molecular flexibility index (Phi) is 13.4. The molecule has 0 nitrogen and oxygen atoms in total. The highest BCUT2D eigenvalue weighted by Gasteiger charge is 2.03. The molecule has 0 amide bonds. The van der Waals surface area contributed by atoms with Crippen LogP contribution in [0.25, 0.3) is 0 Å². The second-order valence-corrected chi connectivity index (χ2v) is 6.06. The summed E-state index contributed by atoms with van der Waals surface area (Å²) < 4.78 is 0. The maximum Gasteiger partial charge on any atom is -0.0420 e. The molecule has 0 atom stereocenters. The molecule has 0 heteroatoms. The highest BCUT2D eigenvalue weighted by Crippen LogP contribution is 2.19. The van der Waals surface area contributed by atoms with Crippen LogP contribution in [-0.4, -0.2) is 0 Å². The molecule has 0 saturated carbocycles. The van der Waals surface area contributed by atoms with Crippen LogP contribution in [0.3, 0.4) is 0 Å². The van der Waals surface area contributed by atoms with Crippen molar-refractivity contribution in [1.82, 2.24) is 0 Å². The van der Waals surface area contributed by atoms with Crippen molar-refractivity contribution in [2.24, 2.45) is 11.8 Å². The fourth-order valence-corrected chi connectivity index (χ4v) is 2.97. The second-order valence-electron chi connectivity index (χ2n) is 6.06. The van der Waals surface area contributed by atoms with Gasteiger partial charge in [0.1, 0.15) is 0 Å². The summed E-state index contributed by atoms with van der Waals surface area (Å²) in [4.78, 5) is 0. The Morgan fingerprint density at radius 3 is 1.00 bits per heavy atom. The molecule has 0 aromatic carbocycles. The Morgan fingerprint density at radius 2 is 0.722 bits per heavy atom. The lowest BCUT2D eigenvalue weighted by Crippen LogP contribution is -1.97. The molecule has 0 radical (unpaired) electrons. The molecule has 0 saturated heterocycles. The van der Waals surface area contributed by atoms with E-state index in [1.165, 1.54) is 77.0 Å².